The van der Waals surface area contributed by atoms with Gasteiger partial charge in [0.1, 0.15) is 5.69 Å². The number of rotatable bonds is 1. The highest BCUT2D eigenvalue weighted by atomic mass is 79.9. The van der Waals surface area contributed by atoms with E-state index in [1.807, 2.05) is 31.4 Å². The normalized spacial score (nSPS) is 10.3. The van der Waals surface area contributed by atoms with Crippen molar-refractivity contribution >= 4 is 15.9 Å². The molecule has 0 saturated heterocycles. The van der Waals surface area contributed by atoms with E-state index < -0.39 is 0 Å². The van der Waals surface area contributed by atoms with Crippen molar-refractivity contribution in [1.29, 1.82) is 0 Å². The minimum atomic E-state index is 0.892. The average Bonchev–Trinajstić information content (AvgIpc) is 2.53. The number of hydrogen-bond acceptors (Lipinski definition) is 2. The summed E-state index contributed by atoms with van der Waals surface area (Å²) in [4.78, 5) is 4.24. The first-order valence-electron chi connectivity index (χ1n) is 3.87. The smallest absolute Gasteiger partial charge is 0.111 e. The molecule has 4 heteroatoms. The molecule has 0 spiro atoms. The van der Waals surface area contributed by atoms with Crippen molar-refractivity contribution in [2.75, 3.05) is 0 Å². The molecule has 0 amide bonds. The fraction of sp³-hybridized carbons (Fsp3) is 0.111. The molecule has 0 fully saturated rings. The number of aryl methyl sites for hydroxylation is 1. The zero-order valence-electron chi connectivity index (χ0n) is 7.11. The molecule has 0 aliphatic heterocycles. The Bertz CT molecular complexity index is 405. The molecule has 66 valence electrons. The first-order valence-corrected chi connectivity index (χ1v) is 4.66. The van der Waals surface area contributed by atoms with E-state index in [9.17, 15) is 0 Å². The van der Waals surface area contributed by atoms with Crippen LogP contribution in [0.15, 0.2) is 35.1 Å². The lowest BCUT2D eigenvalue weighted by atomic mass is 10.3. The molecule has 0 N–H and O–H groups in total. The highest BCUT2D eigenvalue weighted by Crippen LogP contribution is 2.16. The van der Waals surface area contributed by atoms with Gasteiger partial charge in [-0.15, -0.1) is 0 Å². The summed E-state index contributed by atoms with van der Waals surface area (Å²) < 4.78 is 2.74. The average molecular weight is 238 g/mol. The minimum Gasteiger partial charge on any atom is -0.275 e. The molecular formula is C9H8BrN3. The Hall–Kier alpha value is -1.16. The van der Waals surface area contributed by atoms with Crippen molar-refractivity contribution < 1.29 is 0 Å². The van der Waals surface area contributed by atoms with Crippen LogP contribution >= 0.6 is 15.9 Å². The fourth-order valence-electron chi connectivity index (χ4n) is 1.08. The van der Waals surface area contributed by atoms with E-state index in [0.29, 0.717) is 0 Å². The Morgan fingerprint density at radius 1 is 1.23 bits per heavy atom. The molecule has 2 aromatic heterocycles. The van der Waals surface area contributed by atoms with Crippen molar-refractivity contribution in [2.24, 2.45) is 7.05 Å². The molecule has 0 aromatic carbocycles. The summed E-state index contributed by atoms with van der Waals surface area (Å²) in [6.45, 7) is 0. The van der Waals surface area contributed by atoms with Crippen LogP contribution in [0.1, 0.15) is 0 Å². The third-order valence-corrected chi connectivity index (χ3v) is 2.17. The predicted octanol–water partition coefficient (Wildman–Crippen LogP) is 2.24. The summed E-state index contributed by atoms with van der Waals surface area (Å²) in [5.74, 6) is 0. The SMILES string of the molecule is Cn1ccc(-c2ccc(Br)cn2)n1. The molecule has 0 aliphatic rings. The van der Waals surface area contributed by atoms with Gasteiger partial charge in [-0.3, -0.25) is 9.67 Å². The minimum absolute atomic E-state index is 0.892. The van der Waals surface area contributed by atoms with Crippen molar-refractivity contribution in [3.8, 4) is 11.4 Å². The molecule has 2 heterocycles. The number of pyridine rings is 1. The molecule has 13 heavy (non-hydrogen) atoms. The third kappa shape index (κ3) is 1.78. The zero-order chi connectivity index (χ0) is 9.26. The van der Waals surface area contributed by atoms with Gasteiger partial charge in [-0.25, -0.2) is 0 Å². The van der Waals surface area contributed by atoms with E-state index in [1.54, 1.807) is 10.9 Å². The Morgan fingerprint density at radius 3 is 2.62 bits per heavy atom. The standard InChI is InChI=1S/C9H8BrN3/c1-13-5-4-9(12-13)8-3-2-7(10)6-11-8/h2-6H,1H3. The van der Waals surface area contributed by atoms with Crippen LogP contribution in [0.2, 0.25) is 0 Å². The highest BCUT2D eigenvalue weighted by molar-refractivity contribution is 9.10. The first-order chi connectivity index (χ1) is 6.25. The van der Waals surface area contributed by atoms with Crippen molar-refractivity contribution in [3.05, 3.63) is 35.1 Å². The second-order valence-corrected chi connectivity index (χ2v) is 3.65. The van der Waals surface area contributed by atoms with Crippen LogP contribution in [0.3, 0.4) is 0 Å². The van der Waals surface area contributed by atoms with Gasteiger partial charge in [0.15, 0.2) is 0 Å². The zero-order valence-corrected chi connectivity index (χ0v) is 8.69. The van der Waals surface area contributed by atoms with E-state index in [2.05, 4.69) is 26.0 Å². The van der Waals surface area contributed by atoms with Crippen molar-refractivity contribution in [2.45, 2.75) is 0 Å². The summed E-state index contributed by atoms with van der Waals surface area (Å²) in [7, 11) is 1.89. The first kappa shape index (κ1) is 8.44. The second-order valence-electron chi connectivity index (χ2n) is 2.74. The van der Waals surface area contributed by atoms with Crippen LogP contribution in [-0.2, 0) is 7.05 Å². The lowest BCUT2D eigenvalue weighted by Crippen LogP contribution is -1.89. The van der Waals surface area contributed by atoms with Gasteiger partial charge in [-0.05, 0) is 34.1 Å². The summed E-state index contributed by atoms with van der Waals surface area (Å²) >= 11 is 3.34. The summed E-state index contributed by atoms with van der Waals surface area (Å²) in [5.41, 5.74) is 1.79. The molecule has 2 aromatic rings. The molecule has 3 nitrogen and oxygen atoms in total. The van der Waals surface area contributed by atoms with Gasteiger partial charge in [-0.1, -0.05) is 0 Å². The topological polar surface area (TPSA) is 30.7 Å². The van der Waals surface area contributed by atoms with E-state index in [-0.39, 0.29) is 0 Å². The fourth-order valence-corrected chi connectivity index (χ4v) is 1.31. The molecule has 2 rings (SSSR count). The maximum absolute atomic E-state index is 4.25. The molecule has 0 atom stereocenters. The van der Waals surface area contributed by atoms with Crippen LogP contribution < -0.4 is 0 Å². The van der Waals surface area contributed by atoms with Crippen molar-refractivity contribution in [3.63, 3.8) is 0 Å². The highest BCUT2D eigenvalue weighted by Gasteiger charge is 2.00. The van der Waals surface area contributed by atoms with Gasteiger partial charge in [0.2, 0.25) is 0 Å². The maximum Gasteiger partial charge on any atom is 0.111 e. The quantitative estimate of drug-likeness (QED) is 0.762. The number of aromatic nitrogens is 3. The van der Waals surface area contributed by atoms with E-state index in [1.165, 1.54) is 0 Å². The monoisotopic (exact) mass is 237 g/mol. The van der Waals surface area contributed by atoms with Crippen LogP contribution in [0.4, 0.5) is 0 Å². The number of halogens is 1. The molecule has 0 unspecified atom stereocenters. The molecular weight excluding hydrogens is 230 g/mol. The number of nitrogens with zero attached hydrogens (tertiary/aromatic N) is 3. The van der Waals surface area contributed by atoms with E-state index in [4.69, 9.17) is 0 Å². The summed E-state index contributed by atoms with van der Waals surface area (Å²) in [6, 6.07) is 5.83. The third-order valence-electron chi connectivity index (χ3n) is 1.70. The van der Waals surface area contributed by atoms with Crippen molar-refractivity contribution in [1.82, 2.24) is 14.8 Å². The van der Waals surface area contributed by atoms with Gasteiger partial charge in [-0.2, -0.15) is 5.10 Å². The molecule has 0 aliphatic carbocycles. The van der Waals surface area contributed by atoms with Crippen LogP contribution in [0.5, 0.6) is 0 Å². The summed E-state index contributed by atoms with van der Waals surface area (Å²) in [5, 5.41) is 4.25. The molecule has 0 bridgehead atoms. The van der Waals surface area contributed by atoms with Gasteiger partial charge >= 0.3 is 0 Å². The van der Waals surface area contributed by atoms with Gasteiger partial charge in [0, 0.05) is 23.9 Å². The molecule has 0 saturated carbocycles. The van der Waals surface area contributed by atoms with Gasteiger partial charge < -0.3 is 0 Å². The lowest BCUT2D eigenvalue weighted by molar-refractivity contribution is 0.770. The summed E-state index contributed by atoms with van der Waals surface area (Å²) in [6.07, 6.45) is 3.67. The second kappa shape index (κ2) is 3.30. The predicted molar refractivity (Wildman–Crippen MR) is 54.1 cm³/mol. The number of hydrogen-bond donors (Lipinski definition) is 0. The lowest BCUT2D eigenvalue weighted by Gasteiger charge is -1.94. The van der Waals surface area contributed by atoms with Crippen LogP contribution in [-0.4, -0.2) is 14.8 Å². The maximum atomic E-state index is 4.25. The molecule has 0 radical (unpaired) electrons. The Labute approximate surface area is 84.5 Å². The van der Waals surface area contributed by atoms with E-state index >= 15 is 0 Å². The van der Waals surface area contributed by atoms with Gasteiger partial charge in [0.25, 0.3) is 0 Å². The largest absolute Gasteiger partial charge is 0.275 e. The Morgan fingerprint density at radius 2 is 2.08 bits per heavy atom. The Balaban J connectivity index is 2.41. The van der Waals surface area contributed by atoms with Crippen LogP contribution in [0, 0.1) is 0 Å². The van der Waals surface area contributed by atoms with Crippen LogP contribution in [0.25, 0.3) is 11.4 Å². The Kier molecular flexibility index (Phi) is 2.14. The van der Waals surface area contributed by atoms with E-state index in [0.717, 1.165) is 15.9 Å². The van der Waals surface area contributed by atoms with Gasteiger partial charge in [0.05, 0.1) is 5.69 Å².